The Morgan fingerprint density at radius 3 is 1.64 bits per heavy atom. The fourth-order valence-corrected chi connectivity index (χ4v) is 2.83. The fraction of sp³-hybridized carbons (Fsp3) is 0.432. The van der Waals surface area contributed by atoms with Crippen LogP contribution in [0.2, 0.25) is 0 Å². The maximum absolute atomic E-state index is 6.76. The third kappa shape index (κ3) is 22.7. The summed E-state index contributed by atoms with van der Waals surface area (Å²) in [6.45, 7) is 29.1. The highest BCUT2D eigenvalue weighted by atomic mass is 14.5. The Kier molecular flexibility index (Phi) is 29.1. The molecule has 0 aromatic heterocycles. The van der Waals surface area contributed by atoms with Gasteiger partial charge < -0.3 is 11.1 Å². The molecule has 0 unspecified atom stereocenters. The lowest BCUT2D eigenvalue weighted by atomic mass is 10.00. The van der Waals surface area contributed by atoms with Crippen LogP contribution < -0.4 is 5.73 Å². The maximum atomic E-state index is 6.76. The number of nitrogens with one attached hydrogen (secondary N) is 1. The van der Waals surface area contributed by atoms with E-state index in [2.05, 4.69) is 102 Å². The Balaban J connectivity index is -0.000000458. The van der Waals surface area contributed by atoms with Crippen molar-refractivity contribution < 1.29 is 0 Å². The molecule has 0 spiro atoms. The Morgan fingerprint density at radius 2 is 1.36 bits per heavy atom. The Bertz CT molecular complexity index is 932. The molecule has 2 aromatic carbocycles. The highest BCUT2D eigenvalue weighted by molar-refractivity contribution is 5.75. The van der Waals surface area contributed by atoms with Gasteiger partial charge in [-0.15, -0.1) is 6.58 Å². The standard InChI is InChI=1S/C14H18.C10H14.C6H11N.C5H11N.C2H6/c1-5-11(2)10-13(4)14-9-7-6-8-12(14)3;1-3-9-5-7-10(4-2)8-6-9;1-5(2)6(3)4-7;1-2-3-4-5-6;1-2/h6-10H,4-5H2,1-3H3;5-8H,3-4H2,1-2H3;4,7H,1-3H3;2H,1,3-6H2;1-2H3/b11-10-;;;;. The topological polar surface area (TPSA) is 49.9 Å². The van der Waals surface area contributed by atoms with Crippen LogP contribution >= 0.6 is 0 Å². The van der Waals surface area contributed by atoms with Crippen LogP contribution in [0.1, 0.15) is 104 Å². The molecule has 0 fully saturated rings. The van der Waals surface area contributed by atoms with Crippen LogP contribution in [-0.4, -0.2) is 12.8 Å². The number of rotatable bonds is 9. The predicted molar refractivity (Wildman–Crippen MR) is 182 cm³/mol. The summed E-state index contributed by atoms with van der Waals surface area (Å²) in [5, 5.41) is 6.76. The quantitative estimate of drug-likeness (QED) is 0.143. The monoisotopic (exact) mass is 532 g/mol. The van der Waals surface area contributed by atoms with E-state index in [9.17, 15) is 0 Å². The molecule has 0 saturated carbocycles. The second-order valence-corrected chi connectivity index (χ2v) is 9.25. The molecule has 0 atom stereocenters. The zero-order chi connectivity index (χ0) is 30.6. The highest BCUT2D eigenvalue weighted by Gasteiger charge is 1.99. The summed E-state index contributed by atoms with van der Waals surface area (Å²) in [4.78, 5) is 0. The van der Waals surface area contributed by atoms with Crippen LogP contribution in [0.4, 0.5) is 0 Å². The molecule has 3 N–H and O–H groups in total. The lowest BCUT2D eigenvalue weighted by Crippen LogP contribution is -1.96. The molecule has 2 heteroatoms. The van der Waals surface area contributed by atoms with Gasteiger partial charge in [0.25, 0.3) is 0 Å². The third-order valence-electron chi connectivity index (χ3n) is 5.93. The minimum absolute atomic E-state index is 0.784. The molecule has 0 amide bonds. The number of allylic oxidation sites excluding steroid dienone is 6. The second-order valence-electron chi connectivity index (χ2n) is 9.25. The molecule has 218 valence electrons. The van der Waals surface area contributed by atoms with Crippen molar-refractivity contribution in [2.24, 2.45) is 5.73 Å². The molecule has 0 bridgehead atoms. The fourth-order valence-electron chi connectivity index (χ4n) is 2.83. The van der Waals surface area contributed by atoms with Crippen molar-refractivity contribution in [3.8, 4) is 0 Å². The first kappa shape index (κ1) is 40.5. The number of nitrogens with two attached hydrogens (primary N) is 1. The summed E-state index contributed by atoms with van der Waals surface area (Å²) in [7, 11) is 0. The molecular weight excluding hydrogens is 472 g/mol. The first-order chi connectivity index (χ1) is 18.6. The molecule has 0 saturated heterocycles. The van der Waals surface area contributed by atoms with E-state index in [0.717, 1.165) is 49.8 Å². The van der Waals surface area contributed by atoms with E-state index in [1.54, 1.807) is 0 Å². The van der Waals surface area contributed by atoms with Crippen LogP contribution in [0.3, 0.4) is 0 Å². The zero-order valence-corrected chi connectivity index (χ0v) is 27.1. The van der Waals surface area contributed by atoms with Gasteiger partial charge in [-0.2, -0.15) is 0 Å². The van der Waals surface area contributed by atoms with Gasteiger partial charge in [0.15, 0.2) is 0 Å². The lowest BCUT2D eigenvalue weighted by molar-refractivity contribution is 0.856. The molecule has 0 aliphatic heterocycles. The molecule has 0 heterocycles. The second kappa shape index (κ2) is 28.0. The van der Waals surface area contributed by atoms with Crippen LogP contribution in [0, 0.1) is 12.3 Å². The van der Waals surface area contributed by atoms with E-state index >= 15 is 0 Å². The van der Waals surface area contributed by atoms with Crippen LogP contribution in [0.25, 0.3) is 5.57 Å². The number of unbranched alkanes of at least 4 members (excludes halogenated alkanes) is 1. The smallest absolute Gasteiger partial charge is 0.0206 e. The lowest BCUT2D eigenvalue weighted by Gasteiger charge is -2.05. The van der Waals surface area contributed by atoms with Gasteiger partial charge in [-0.25, -0.2) is 0 Å². The number of benzene rings is 2. The van der Waals surface area contributed by atoms with Crippen LogP contribution in [-0.2, 0) is 12.8 Å². The normalized spacial score (nSPS) is 9.46. The molecule has 39 heavy (non-hydrogen) atoms. The summed E-state index contributed by atoms with van der Waals surface area (Å²) >= 11 is 0. The van der Waals surface area contributed by atoms with Crippen molar-refractivity contribution >= 4 is 11.8 Å². The average molecular weight is 533 g/mol. The van der Waals surface area contributed by atoms with Gasteiger partial charge in [0, 0.05) is 6.21 Å². The predicted octanol–water partition coefficient (Wildman–Crippen LogP) is 11.1. The van der Waals surface area contributed by atoms with Gasteiger partial charge in [-0.05, 0) is 107 Å². The van der Waals surface area contributed by atoms with E-state index in [1.165, 1.54) is 39.6 Å². The van der Waals surface area contributed by atoms with Gasteiger partial charge in [0.1, 0.15) is 0 Å². The average Bonchev–Trinajstić information content (AvgIpc) is 2.97. The molecule has 2 rings (SSSR count). The number of aryl methyl sites for hydroxylation is 3. The number of hydrogen-bond acceptors (Lipinski definition) is 2. The number of hydrogen-bond donors (Lipinski definition) is 2. The highest BCUT2D eigenvalue weighted by Crippen LogP contribution is 2.19. The molecule has 0 aliphatic carbocycles. The van der Waals surface area contributed by atoms with Crippen molar-refractivity contribution in [2.75, 3.05) is 6.54 Å². The van der Waals surface area contributed by atoms with Gasteiger partial charge in [0.05, 0.1) is 0 Å². The summed E-state index contributed by atoms with van der Waals surface area (Å²) in [5.41, 5.74) is 15.3. The van der Waals surface area contributed by atoms with E-state index in [4.69, 9.17) is 11.1 Å². The van der Waals surface area contributed by atoms with Crippen molar-refractivity contribution in [1.82, 2.24) is 0 Å². The van der Waals surface area contributed by atoms with Crippen molar-refractivity contribution in [2.45, 2.75) is 101 Å². The van der Waals surface area contributed by atoms with Gasteiger partial charge in [-0.1, -0.05) is 113 Å². The Morgan fingerprint density at radius 1 is 0.872 bits per heavy atom. The summed E-state index contributed by atoms with van der Waals surface area (Å²) in [6, 6.07) is 17.2. The van der Waals surface area contributed by atoms with Crippen molar-refractivity contribution in [3.05, 3.63) is 113 Å². The SMILES string of the molecule is C=C(/C=C(/C)CC)c1ccccc1C.C=CCCCN.CC.CC(C)=C(C)C=N.CCc1ccc(CC)cc1. The van der Waals surface area contributed by atoms with E-state index < -0.39 is 0 Å². The summed E-state index contributed by atoms with van der Waals surface area (Å²) < 4.78 is 0. The van der Waals surface area contributed by atoms with Gasteiger partial charge in [0.2, 0.25) is 0 Å². The Hall–Kier alpha value is -2.97. The Labute approximate surface area is 243 Å². The largest absolute Gasteiger partial charge is 0.330 e. The van der Waals surface area contributed by atoms with Crippen LogP contribution in [0.5, 0.6) is 0 Å². The minimum atomic E-state index is 0.784. The molecule has 2 aromatic rings. The third-order valence-corrected chi connectivity index (χ3v) is 5.93. The van der Waals surface area contributed by atoms with E-state index in [0.29, 0.717) is 0 Å². The summed E-state index contributed by atoms with van der Waals surface area (Å²) in [5.74, 6) is 0. The van der Waals surface area contributed by atoms with Crippen molar-refractivity contribution in [1.29, 1.82) is 5.41 Å². The first-order valence-electron chi connectivity index (χ1n) is 14.6. The van der Waals surface area contributed by atoms with Crippen LogP contribution in [0.15, 0.2) is 90.6 Å². The first-order valence-corrected chi connectivity index (χ1v) is 14.6. The molecule has 0 aliphatic rings. The van der Waals surface area contributed by atoms with Gasteiger partial charge in [-0.3, -0.25) is 0 Å². The summed E-state index contributed by atoms with van der Waals surface area (Å²) in [6.07, 6.45) is 10.9. The minimum Gasteiger partial charge on any atom is -0.330 e. The maximum Gasteiger partial charge on any atom is 0.0206 e. The molecular formula is C37H60N2. The van der Waals surface area contributed by atoms with E-state index in [1.807, 2.05) is 40.7 Å². The zero-order valence-electron chi connectivity index (χ0n) is 27.1. The molecule has 2 nitrogen and oxygen atoms in total. The van der Waals surface area contributed by atoms with Crippen molar-refractivity contribution in [3.63, 3.8) is 0 Å². The van der Waals surface area contributed by atoms with Gasteiger partial charge >= 0.3 is 0 Å². The molecule has 0 radical (unpaired) electrons. The van der Waals surface area contributed by atoms with E-state index in [-0.39, 0.29) is 0 Å².